The van der Waals surface area contributed by atoms with Crippen molar-refractivity contribution in [3.05, 3.63) is 0 Å². The molecule has 0 aromatic heterocycles. The average Bonchev–Trinajstić information content (AvgIpc) is 2.93. The van der Waals surface area contributed by atoms with Gasteiger partial charge in [0.1, 0.15) is 5.54 Å². The van der Waals surface area contributed by atoms with E-state index >= 15 is 0 Å². The van der Waals surface area contributed by atoms with Crippen LogP contribution in [0.5, 0.6) is 0 Å². The SMILES string of the molecule is CCOC(=O)C1(NC(=O)[C@@H]2C[C@@H](O)CN2)CC1. The molecule has 0 spiro atoms. The van der Waals surface area contributed by atoms with E-state index in [0.717, 1.165) is 0 Å². The van der Waals surface area contributed by atoms with Crippen molar-refractivity contribution in [2.45, 2.75) is 43.9 Å². The highest BCUT2D eigenvalue weighted by atomic mass is 16.5. The number of aliphatic hydroxyl groups excluding tert-OH is 1. The van der Waals surface area contributed by atoms with Crippen molar-refractivity contribution in [1.82, 2.24) is 10.6 Å². The number of ether oxygens (including phenoxy) is 1. The summed E-state index contributed by atoms with van der Waals surface area (Å²) in [7, 11) is 0. The van der Waals surface area contributed by atoms with Gasteiger partial charge in [-0.25, -0.2) is 4.79 Å². The first-order chi connectivity index (χ1) is 8.07. The summed E-state index contributed by atoms with van der Waals surface area (Å²) in [4.78, 5) is 23.5. The van der Waals surface area contributed by atoms with Crippen LogP contribution in [0.15, 0.2) is 0 Å². The Morgan fingerprint density at radius 1 is 1.53 bits per heavy atom. The number of carbonyl (C=O) groups excluding carboxylic acids is 2. The number of esters is 1. The number of β-amino-alcohol motifs (C(OH)–C–C–N with tert-alkyl or cyclic N) is 1. The third-order valence-electron chi connectivity index (χ3n) is 3.20. The van der Waals surface area contributed by atoms with Crippen LogP contribution in [-0.2, 0) is 14.3 Å². The van der Waals surface area contributed by atoms with Gasteiger partial charge < -0.3 is 20.5 Å². The van der Waals surface area contributed by atoms with Gasteiger partial charge in [0.25, 0.3) is 0 Å². The fourth-order valence-corrected chi connectivity index (χ4v) is 2.01. The summed E-state index contributed by atoms with van der Waals surface area (Å²) in [5, 5.41) is 15.0. The molecule has 3 N–H and O–H groups in total. The third kappa shape index (κ3) is 2.58. The van der Waals surface area contributed by atoms with Crippen LogP contribution < -0.4 is 10.6 Å². The molecular weight excluding hydrogens is 224 g/mol. The van der Waals surface area contributed by atoms with E-state index in [2.05, 4.69) is 10.6 Å². The van der Waals surface area contributed by atoms with Crippen molar-refractivity contribution in [2.75, 3.05) is 13.2 Å². The minimum absolute atomic E-state index is 0.230. The zero-order valence-electron chi connectivity index (χ0n) is 9.86. The molecule has 0 unspecified atom stereocenters. The van der Waals surface area contributed by atoms with Gasteiger partial charge in [-0.3, -0.25) is 4.79 Å². The highest BCUT2D eigenvalue weighted by Gasteiger charge is 2.53. The monoisotopic (exact) mass is 242 g/mol. The van der Waals surface area contributed by atoms with Crippen LogP contribution >= 0.6 is 0 Å². The first-order valence-corrected chi connectivity index (χ1v) is 5.98. The van der Waals surface area contributed by atoms with Gasteiger partial charge in [-0.1, -0.05) is 0 Å². The fraction of sp³-hybridized carbons (Fsp3) is 0.818. The van der Waals surface area contributed by atoms with Gasteiger partial charge in [0.2, 0.25) is 5.91 Å². The van der Waals surface area contributed by atoms with E-state index < -0.39 is 17.7 Å². The van der Waals surface area contributed by atoms with Gasteiger partial charge in [-0.2, -0.15) is 0 Å². The normalized spacial score (nSPS) is 29.8. The van der Waals surface area contributed by atoms with E-state index in [4.69, 9.17) is 4.74 Å². The van der Waals surface area contributed by atoms with Gasteiger partial charge in [0.05, 0.1) is 18.8 Å². The number of carbonyl (C=O) groups is 2. The summed E-state index contributed by atoms with van der Waals surface area (Å²) < 4.78 is 4.93. The van der Waals surface area contributed by atoms with Gasteiger partial charge in [0.15, 0.2) is 0 Å². The minimum Gasteiger partial charge on any atom is -0.464 e. The Balaban J connectivity index is 1.88. The van der Waals surface area contributed by atoms with E-state index in [1.165, 1.54) is 0 Å². The Morgan fingerprint density at radius 2 is 2.24 bits per heavy atom. The Morgan fingerprint density at radius 3 is 2.71 bits per heavy atom. The molecule has 2 rings (SSSR count). The van der Waals surface area contributed by atoms with E-state index in [1.807, 2.05) is 0 Å². The smallest absolute Gasteiger partial charge is 0.331 e. The molecule has 1 heterocycles. The highest BCUT2D eigenvalue weighted by Crippen LogP contribution is 2.36. The van der Waals surface area contributed by atoms with Crippen molar-refractivity contribution < 1.29 is 19.4 Å². The van der Waals surface area contributed by atoms with Gasteiger partial charge >= 0.3 is 5.97 Å². The molecule has 0 bridgehead atoms. The second kappa shape index (κ2) is 4.62. The van der Waals surface area contributed by atoms with E-state index in [9.17, 15) is 14.7 Å². The molecule has 0 aromatic rings. The largest absolute Gasteiger partial charge is 0.464 e. The Bertz CT molecular complexity index is 327. The standard InChI is InChI=1S/C11H18N2O4/c1-2-17-10(16)11(3-4-11)13-9(15)8-5-7(14)6-12-8/h7-8,12,14H,2-6H2,1H3,(H,13,15)/t7-,8+/m1/s1. The molecule has 2 fully saturated rings. The van der Waals surface area contributed by atoms with Crippen molar-refractivity contribution in [3.8, 4) is 0 Å². The fourth-order valence-electron chi connectivity index (χ4n) is 2.01. The van der Waals surface area contributed by atoms with E-state index in [-0.39, 0.29) is 11.9 Å². The molecule has 1 aliphatic carbocycles. The number of rotatable bonds is 4. The maximum absolute atomic E-state index is 11.9. The van der Waals surface area contributed by atoms with Crippen LogP contribution in [0.3, 0.4) is 0 Å². The van der Waals surface area contributed by atoms with Crippen LogP contribution in [0.4, 0.5) is 0 Å². The average molecular weight is 242 g/mol. The molecule has 6 heteroatoms. The summed E-state index contributed by atoms with van der Waals surface area (Å²) in [6.45, 7) is 2.48. The van der Waals surface area contributed by atoms with Crippen LogP contribution in [0.25, 0.3) is 0 Å². The molecule has 1 saturated heterocycles. The third-order valence-corrected chi connectivity index (χ3v) is 3.20. The molecule has 0 radical (unpaired) electrons. The van der Waals surface area contributed by atoms with Crippen molar-refractivity contribution in [3.63, 3.8) is 0 Å². The minimum atomic E-state index is -0.803. The van der Waals surface area contributed by atoms with E-state index in [1.54, 1.807) is 6.92 Å². The first kappa shape index (κ1) is 12.3. The first-order valence-electron chi connectivity index (χ1n) is 5.98. The molecule has 6 nitrogen and oxygen atoms in total. The summed E-state index contributed by atoms with van der Waals surface area (Å²) >= 11 is 0. The molecular formula is C11H18N2O4. The summed E-state index contributed by atoms with van der Waals surface area (Å²) in [6.07, 6.45) is 1.17. The lowest BCUT2D eigenvalue weighted by atomic mass is 10.1. The summed E-state index contributed by atoms with van der Waals surface area (Å²) in [5.41, 5.74) is -0.803. The van der Waals surface area contributed by atoms with Crippen LogP contribution in [0.2, 0.25) is 0 Å². The zero-order chi connectivity index (χ0) is 12.5. The van der Waals surface area contributed by atoms with Crippen molar-refractivity contribution in [2.24, 2.45) is 0 Å². The molecule has 17 heavy (non-hydrogen) atoms. The second-order valence-corrected chi connectivity index (χ2v) is 4.64. The van der Waals surface area contributed by atoms with Gasteiger partial charge in [-0.05, 0) is 26.2 Å². The predicted octanol–water partition coefficient (Wildman–Crippen LogP) is -1.08. The van der Waals surface area contributed by atoms with Crippen LogP contribution in [0.1, 0.15) is 26.2 Å². The number of aliphatic hydroxyl groups is 1. The van der Waals surface area contributed by atoms with Crippen molar-refractivity contribution in [1.29, 1.82) is 0 Å². The lowest BCUT2D eigenvalue weighted by Gasteiger charge is -2.18. The lowest BCUT2D eigenvalue weighted by Crippen LogP contribution is -2.50. The predicted molar refractivity (Wildman–Crippen MR) is 59.2 cm³/mol. The molecule has 2 atom stereocenters. The Kier molecular flexibility index (Phi) is 3.35. The Hall–Kier alpha value is -1.14. The van der Waals surface area contributed by atoms with E-state index in [0.29, 0.717) is 32.4 Å². The quantitative estimate of drug-likeness (QED) is 0.546. The second-order valence-electron chi connectivity index (χ2n) is 4.64. The Labute approximate surface area is 99.7 Å². The molecule has 1 aliphatic heterocycles. The van der Waals surface area contributed by atoms with Gasteiger partial charge in [0, 0.05) is 6.54 Å². The zero-order valence-corrected chi connectivity index (χ0v) is 9.86. The number of hydrogen-bond acceptors (Lipinski definition) is 5. The van der Waals surface area contributed by atoms with Crippen LogP contribution in [-0.4, -0.2) is 47.8 Å². The lowest BCUT2D eigenvalue weighted by molar-refractivity contribution is -0.149. The van der Waals surface area contributed by atoms with Gasteiger partial charge in [-0.15, -0.1) is 0 Å². The summed E-state index contributed by atoms with van der Waals surface area (Å²) in [6, 6.07) is -0.406. The molecule has 2 aliphatic rings. The highest BCUT2D eigenvalue weighted by molar-refractivity contribution is 5.92. The molecule has 1 amide bonds. The molecule has 96 valence electrons. The molecule has 1 saturated carbocycles. The number of amides is 1. The topological polar surface area (TPSA) is 87.7 Å². The summed E-state index contributed by atoms with van der Waals surface area (Å²) in [5.74, 6) is -0.584. The van der Waals surface area contributed by atoms with Crippen LogP contribution in [0, 0.1) is 0 Å². The number of nitrogens with one attached hydrogen (secondary N) is 2. The molecule has 0 aromatic carbocycles. The van der Waals surface area contributed by atoms with Crippen molar-refractivity contribution >= 4 is 11.9 Å². The maximum Gasteiger partial charge on any atom is 0.331 e. The maximum atomic E-state index is 11.9. The number of hydrogen-bond donors (Lipinski definition) is 3.